The fourth-order valence-electron chi connectivity index (χ4n) is 3.41. The molecule has 1 aliphatic rings. The molecule has 0 unspecified atom stereocenters. The third-order valence-corrected chi connectivity index (χ3v) is 4.96. The number of benzene rings is 2. The van der Waals surface area contributed by atoms with E-state index in [1.54, 1.807) is 19.4 Å². The van der Waals surface area contributed by atoms with Crippen LogP contribution in [0.1, 0.15) is 27.8 Å². The first-order valence-electron chi connectivity index (χ1n) is 9.63. The Morgan fingerprint density at radius 1 is 1.10 bits per heavy atom. The van der Waals surface area contributed by atoms with Crippen LogP contribution in [0.25, 0.3) is 0 Å². The SMILES string of the molecule is COc1ccc([C@@H]2Nc3ccccc3C(=O)N2CC(=O)NCc2ccccn2)cc1. The summed E-state index contributed by atoms with van der Waals surface area (Å²) in [6, 6.07) is 20.3. The molecule has 0 bridgehead atoms. The molecule has 0 saturated carbocycles. The fraction of sp³-hybridized carbons (Fsp3) is 0.174. The van der Waals surface area contributed by atoms with Crippen LogP contribution < -0.4 is 15.4 Å². The van der Waals surface area contributed by atoms with Crippen LogP contribution in [0, 0.1) is 0 Å². The van der Waals surface area contributed by atoms with E-state index in [2.05, 4.69) is 15.6 Å². The van der Waals surface area contributed by atoms with Crippen molar-refractivity contribution in [1.29, 1.82) is 0 Å². The normalized spacial score (nSPS) is 15.2. The van der Waals surface area contributed by atoms with E-state index in [9.17, 15) is 9.59 Å². The second-order valence-corrected chi connectivity index (χ2v) is 6.90. The van der Waals surface area contributed by atoms with Gasteiger partial charge in [-0.05, 0) is 42.0 Å². The molecule has 0 aliphatic carbocycles. The average Bonchev–Trinajstić information content (AvgIpc) is 2.80. The van der Waals surface area contributed by atoms with Gasteiger partial charge in [0.05, 0.1) is 24.9 Å². The number of anilines is 1. The van der Waals surface area contributed by atoms with Gasteiger partial charge in [-0.25, -0.2) is 0 Å². The van der Waals surface area contributed by atoms with Gasteiger partial charge >= 0.3 is 0 Å². The van der Waals surface area contributed by atoms with Crippen molar-refractivity contribution < 1.29 is 14.3 Å². The molecule has 0 saturated heterocycles. The molecule has 2 amide bonds. The Morgan fingerprint density at radius 3 is 2.60 bits per heavy atom. The van der Waals surface area contributed by atoms with Gasteiger partial charge in [-0.2, -0.15) is 0 Å². The van der Waals surface area contributed by atoms with Crippen LogP contribution in [0.2, 0.25) is 0 Å². The van der Waals surface area contributed by atoms with Crippen molar-refractivity contribution in [3.63, 3.8) is 0 Å². The number of para-hydroxylation sites is 1. The standard InChI is InChI=1S/C23H22N4O3/c1-30-18-11-9-16(10-12-18)22-26-20-8-3-2-7-19(20)23(29)27(22)15-21(28)25-14-17-6-4-5-13-24-17/h2-13,22,26H,14-15H2,1H3,(H,25,28)/t22-/m1/s1. The number of carbonyl (C=O) groups is 2. The lowest BCUT2D eigenvalue weighted by Gasteiger charge is -2.37. The van der Waals surface area contributed by atoms with Gasteiger partial charge < -0.3 is 20.3 Å². The monoisotopic (exact) mass is 402 g/mol. The predicted molar refractivity (Wildman–Crippen MR) is 113 cm³/mol. The summed E-state index contributed by atoms with van der Waals surface area (Å²) in [6.07, 6.45) is 1.20. The van der Waals surface area contributed by atoms with Crippen molar-refractivity contribution in [2.75, 3.05) is 19.0 Å². The van der Waals surface area contributed by atoms with Crippen molar-refractivity contribution in [1.82, 2.24) is 15.2 Å². The summed E-state index contributed by atoms with van der Waals surface area (Å²) < 4.78 is 5.23. The maximum absolute atomic E-state index is 13.2. The van der Waals surface area contributed by atoms with Crippen LogP contribution in [0.15, 0.2) is 72.9 Å². The lowest BCUT2D eigenvalue weighted by atomic mass is 10.0. The third kappa shape index (κ3) is 4.10. The lowest BCUT2D eigenvalue weighted by molar-refractivity contribution is -0.122. The molecule has 2 heterocycles. The van der Waals surface area contributed by atoms with E-state index >= 15 is 0 Å². The average molecular weight is 402 g/mol. The fourth-order valence-corrected chi connectivity index (χ4v) is 3.41. The topological polar surface area (TPSA) is 83.6 Å². The van der Waals surface area contributed by atoms with Crippen molar-refractivity contribution in [2.24, 2.45) is 0 Å². The number of fused-ring (bicyclic) bond motifs is 1. The second-order valence-electron chi connectivity index (χ2n) is 6.90. The summed E-state index contributed by atoms with van der Waals surface area (Å²) in [5.41, 5.74) is 2.90. The molecule has 4 rings (SSSR count). The minimum absolute atomic E-state index is 0.0797. The summed E-state index contributed by atoms with van der Waals surface area (Å²) in [4.78, 5) is 31.6. The first-order valence-corrected chi connectivity index (χ1v) is 9.63. The van der Waals surface area contributed by atoms with Crippen molar-refractivity contribution >= 4 is 17.5 Å². The number of carbonyl (C=O) groups excluding carboxylic acids is 2. The quantitative estimate of drug-likeness (QED) is 0.662. The van der Waals surface area contributed by atoms with E-state index in [-0.39, 0.29) is 18.4 Å². The predicted octanol–water partition coefficient (Wildman–Crippen LogP) is 2.97. The van der Waals surface area contributed by atoms with Crippen molar-refractivity contribution in [3.8, 4) is 5.75 Å². The maximum atomic E-state index is 13.2. The summed E-state index contributed by atoms with van der Waals surface area (Å²) in [5, 5.41) is 6.22. The van der Waals surface area contributed by atoms with E-state index < -0.39 is 6.17 Å². The molecule has 0 fully saturated rings. The number of ether oxygens (including phenoxy) is 1. The highest BCUT2D eigenvalue weighted by Crippen LogP contribution is 2.33. The Labute approximate surface area is 174 Å². The zero-order chi connectivity index (χ0) is 20.9. The highest BCUT2D eigenvalue weighted by atomic mass is 16.5. The maximum Gasteiger partial charge on any atom is 0.258 e. The van der Waals surface area contributed by atoms with E-state index in [0.717, 1.165) is 22.7 Å². The Balaban J connectivity index is 1.56. The van der Waals surface area contributed by atoms with Gasteiger partial charge in [0.15, 0.2) is 0 Å². The zero-order valence-corrected chi connectivity index (χ0v) is 16.5. The molecule has 1 aromatic heterocycles. The number of hydrogen-bond donors (Lipinski definition) is 2. The Morgan fingerprint density at radius 2 is 1.87 bits per heavy atom. The van der Waals surface area contributed by atoms with Crippen LogP contribution in [0.5, 0.6) is 5.75 Å². The molecule has 30 heavy (non-hydrogen) atoms. The Bertz CT molecular complexity index is 1040. The van der Waals surface area contributed by atoms with Crippen LogP contribution >= 0.6 is 0 Å². The third-order valence-electron chi connectivity index (χ3n) is 4.96. The van der Waals surface area contributed by atoms with Gasteiger partial charge in [0.2, 0.25) is 5.91 Å². The smallest absolute Gasteiger partial charge is 0.258 e. The summed E-state index contributed by atoms with van der Waals surface area (Å²) in [7, 11) is 1.60. The van der Waals surface area contributed by atoms with Crippen LogP contribution in [0.4, 0.5) is 5.69 Å². The summed E-state index contributed by atoms with van der Waals surface area (Å²) in [5.74, 6) is 0.271. The minimum atomic E-state index is -0.473. The van der Waals surface area contributed by atoms with Crippen molar-refractivity contribution in [2.45, 2.75) is 12.7 Å². The van der Waals surface area contributed by atoms with Gasteiger partial charge in [0, 0.05) is 11.9 Å². The van der Waals surface area contributed by atoms with E-state index in [4.69, 9.17) is 4.74 Å². The number of amides is 2. The molecule has 2 N–H and O–H groups in total. The molecular weight excluding hydrogens is 380 g/mol. The molecule has 152 valence electrons. The van der Waals surface area contributed by atoms with Crippen LogP contribution in [-0.2, 0) is 11.3 Å². The summed E-state index contributed by atoms with van der Waals surface area (Å²) >= 11 is 0. The highest BCUT2D eigenvalue weighted by Gasteiger charge is 2.34. The van der Waals surface area contributed by atoms with Gasteiger partial charge in [-0.1, -0.05) is 30.3 Å². The molecule has 3 aromatic rings. The number of rotatable bonds is 6. The Hall–Kier alpha value is -3.87. The van der Waals surface area contributed by atoms with Gasteiger partial charge in [0.25, 0.3) is 5.91 Å². The van der Waals surface area contributed by atoms with Gasteiger partial charge in [-0.15, -0.1) is 0 Å². The molecule has 1 atom stereocenters. The summed E-state index contributed by atoms with van der Waals surface area (Å²) in [6.45, 7) is 0.225. The first kappa shape index (κ1) is 19.4. The molecule has 1 aliphatic heterocycles. The highest BCUT2D eigenvalue weighted by molar-refractivity contribution is 6.03. The lowest BCUT2D eigenvalue weighted by Crippen LogP contribution is -2.47. The first-order chi connectivity index (χ1) is 14.7. The largest absolute Gasteiger partial charge is 0.497 e. The molecule has 0 radical (unpaired) electrons. The molecule has 2 aromatic carbocycles. The van der Waals surface area contributed by atoms with Gasteiger partial charge in [0.1, 0.15) is 18.5 Å². The van der Waals surface area contributed by atoms with E-state index in [1.165, 1.54) is 4.90 Å². The zero-order valence-electron chi connectivity index (χ0n) is 16.5. The molecule has 7 heteroatoms. The second kappa shape index (κ2) is 8.65. The molecule has 0 spiro atoms. The number of nitrogens with zero attached hydrogens (tertiary/aromatic N) is 2. The number of nitrogens with one attached hydrogen (secondary N) is 2. The molecule has 7 nitrogen and oxygen atoms in total. The van der Waals surface area contributed by atoms with Crippen molar-refractivity contribution in [3.05, 3.63) is 89.7 Å². The minimum Gasteiger partial charge on any atom is -0.497 e. The van der Waals surface area contributed by atoms with Crippen LogP contribution in [0.3, 0.4) is 0 Å². The van der Waals surface area contributed by atoms with Crippen LogP contribution in [-0.4, -0.2) is 35.4 Å². The number of hydrogen-bond acceptors (Lipinski definition) is 5. The number of pyridine rings is 1. The Kier molecular flexibility index (Phi) is 5.61. The number of aromatic nitrogens is 1. The van der Waals surface area contributed by atoms with E-state index in [1.807, 2.05) is 60.7 Å². The number of methoxy groups -OCH3 is 1. The van der Waals surface area contributed by atoms with Gasteiger partial charge in [-0.3, -0.25) is 14.6 Å². The molecular formula is C23H22N4O3. The van der Waals surface area contributed by atoms with E-state index in [0.29, 0.717) is 12.1 Å².